The van der Waals surface area contributed by atoms with Crippen LogP contribution in [-0.4, -0.2) is 43.8 Å². The molecule has 0 unspecified atom stereocenters. The highest BCUT2D eigenvalue weighted by Gasteiger charge is 2.22. The Morgan fingerprint density at radius 2 is 1.96 bits per heavy atom. The van der Waals surface area contributed by atoms with E-state index in [0.29, 0.717) is 12.0 Å². The first-order chi connectivity index (χ1) is 11.6. The summed E-state index contributed by atoms with van der Waals surface area (Å²) in [7, 11) is 0. The van der Waals surface area contributed by atoms with Gasteiger partial charge in [-0.1, -0.05) is 0 Å². The largest absolute Gasteiger partial charge is 0.301 e. The van der Waals surface area contributed by atoms with Gasteiger partial charge in [0.05, 0.1) is 11.4 Å². The van der Waals surface area contributed by atoms with Crippen molar-refractivity contribution in [2.24, 2.45) is 5.92 Å². The zero-order valence-corrected chi connectivity index (χ0v) is 15.4. The lowest BCUT2D eigenvalue weighted by molar-refractivity contribution is 0.148. The van der Waals surface area contributed by atoms with Gasteiger partial charge in [0.15, 0.2) is 0 Å². The minimum atomic E-state index is 0.655. The number of nitrogens with zero attached hydrogens (tertiary/aromatic N) is 5. The van der Waals surface area contributed by atoms with Crippen LogP contribution in [0.4, 0.5) is 0 Å². The summed E-state index contributed by atoms with van der Waals surface area (Å²) < 4.78 is 1.99. The van der Waals surface area contributed by atoms with E-state index >= 15 is 0 Å². The van der Waals surface area contributed by atoms with Crippen molar-refractivity contribution in [1.82, 2.24) is 24.6 Å². The number of piperidine rings is 1. The van der Waals surface area contributed by atoms with Crippen molar-refractivity contribution in [3.8, 4) is 11.4 Å². The van der Waals surface area contributed by atoms with Crippen LogP contribution in [0.3, 0.4) is 0 Å². The molecule has 1 saturated heterocycles. The number of rotatable bonds is 5. The summed E-state index contributed by atoms with van der Waals surface area (Å²) >= 11 is 0. The van der Waals surface area contributed by atoms with E-state index in [2.05, 4.69) is 43.8 Å². The van der Waals surface area contributed by atoms with Gasteiger partial charge in [0, 0.05) is 30.9 Å². The minimum absolute atomic E-state index is 0.655. The van der Waals surface area contributed by atoms with Gasteiger partial charge in [0.25, 0.3) is 0 Å². The standard InChI is InChI=1S/C19H29N5/c1-5-24-18(6-9-20-24)17-12-15(4)21-19(22-17)13-16-7-10-23(11-8-16)14(2)3/h6,9,12,14,16H,5,7-8,10-11,13H2,1-4H3. The van der Waals surface area contributed by atoms with Crippen molar-refractivity contribution >= 4 is 0 Å². The van der Waals surface area contributed by atoms with Crippen LogP contribution in [0.5, 0.6) is 0 Å². The predicted octanol–water partition coefficient (Wildman–Crippen LogP) is 3.33. The van der Waals surface area contributed by atoms with Crippen LogP contribution in [0.1, 0.15) is 45.1 Å². The van der Waals surface area contributed by atoms with Crippen LogP contribution in [0.15, 0.2) is 18.3 Å². The van der Waals surface area contributed by atoms with Gasteiger partial charge in [-0.25, -0.2) is 9.97 Å². The van der Waals surface area contributed by atoms with Gasteiger partial charge in [-0.2, -0.15) is 5.10 Å². The van der Waals surface area contributed by atoms with Gasteiger partial charge in [-0.3, -0.25) is 4.68 Å². The van der Waals surface area contributed by atoms with Crippen LogP contribution in [0.2, 0.25) is 0 Å². The molecule has 0 amide bonds. The molecule has 24 heavy (non-hydrogen) atoms. The number of hydrogen-bond acceptors (Lipinski definition) is 4. The number of hydrogen-bond donors (Lipinski definition) is 0. The summed E-state index contributed by atoms with van der Waals surface area (Å²) in [5.74, 6) is 1.68. The fourth-order valence-corrected chi connectivity index (χ4v) is 3.59. The maximum absolute atomic E-state index is 4.85. The lowest BCUT2D eigenvalue weighted by Gasteiger charge is -2.34. The van der Waals surface area contributed by atoms with Gasteiger partial charge in [0.1, 0.15) is 5.82 Å². The summed E-state index contributed by atoms with van der Waals surface area (Å²) in [5, 5.41) is 4.36. The molecule has 0 aliphatic carbocycles. The first-order valence-electron chi connectivity index (χ1n) is 9.17. The molecule has 0 bridgehead atoms. The molecule has 2 aromatic heterocycles. The van der Waals surface area contributed by atoms with Crippen molar-refractivity contribution in [2.45, 2.75) is 59.5 Å². The van der Waals surface area contributed by atoms with Crippen molar-refractivity contribution in [1.29, 1.82) is 0 Å². The van der Waals surface area contributed by atoms with Gasteiger partial charge in [-0.15, -0.1) is 0 Å². The second-order valence-corrected chi connectivity index (χ2v) is 7.12. The quantitative estimate of drug-likeness (QED) is 0.845. The molecule has 2 aromatic rings. The first kappa shape index (κ1) is 17.1. The highest BCUT2D eigenvalue weighted by molar-refractivity contribution is 5.54. The van der Waals surface area contributed by atoms with Crippen molar-refractivity contribution < 1.29 is 0 Å². The topological polar surface area (TPSA) is 46.8 Å². The third-order valence-electron chi connectivity index (χ3n) is 5.03. The summed E-state index contributed by atoms with van der Waals surface area (Å²) in [5.41, 5.74) is 3.12. The second kappa shape index (κ2) is 7.43. The molecule has 0 atom stereocenters. The highest BCUT2D eigenvalue weighted by atomic mass is 15.3. The average molecular weight is 327 g/mol. The lowest BCUT2D eigenvalue weighted by Crippen LogP contribution is -2.39. The maximum atomic E-state index is 4.85. The zero-order chi connectivity index (χ0) is 17.1. The van der Waals surface area contributed by atoms with Gasteiger partial charge in [-0.05, 0) is 71.7 Å². The van der Waals surface area contributed by atoms with Crippen LogP contribution < -0.4 is 0 Å². The Morgan fingerprint density at radius 3 is 2.62 bits per heavy atom. The van der Waals surface area contributed by atoms with Crippen LogP contribution >= 0.6 is 0 Å². The van der Waals surface area contributed by atoms with Gasteiger partial charge >= 0.3 is 0 Å². The molecule has 5 nitrogen and oxygen atoms in total. The Labute approximate surface area is 145 Å². The van der Waals surface area contributed by atoms with E-state index in [1.807, 2.05) is 16.9 Å². The molecule has 1 aliphatic heterocycles. The zero-order valence-electron chi connectivity index (χ0n) is 15.4. The van der Waals surface area contributed by atoms with Crippen molar-refractivity contribution in [2.75, 3.05) is 13.1 Å². The Hall–Kier alpha value is -1.75. The lowest BCUT2D eigenvalue weighted by atomic mass is 9.92. The molecule has 0 saturated carbocycles. The SMILES string of the molecule is CCn1nccc1-c1cc(C)nc(CC2CCN(C(C)C)CC2)n1. The van der Waals surface area contributed by atoms with Gasteiger partial charge in [0.2, 0.25) is 0 Å². The predicted molar refractivity (Wildman–Crippen MR) is 96.8 cm³/mol. The number of likely N-dealkylation sites (tertiary alicyclic amines) is 1. The third-order valence-corrected chi connectivity index (χ3v) is 5.03. The van der Waals surface area contributed by atoms with E-state index in [1.54, 1.807) is 0 Å². The molecule has 1 fully saturated rings. The smallest absolute Gasteiger partial charge is 0.129 e. The van der Waals surface area contributed by atoms with E-state index in [-0.39, 0.29) is 0 Å². The molecule has 0 radical (unpaired) electrons. The third kappa shape index (κ3) is 3.83. The summed E-state index contributed by atoms with van der Waals surface area (Å²) in [6.07, 6.45) is 5.33. The van der Waals surface area contributed by atoms with Crippen LogP contribution in [-0.2, 0) is 13.0 Å². The highest BCUT2D eigenvalue weighted by Crippen LogP contribution is 2.23. The molecule has 0 spiro atoms. The van der Waals surface area contributed by atoms with Gasteiger partial charge < -0.3 is 4.90 Å². The molecular formula is C19H29N5. The minimum Gasteiger partial charge on any atom is -0.301 e. The summed E-state index contributed by atoms with van der Waals surface area (Å²) in [4.78, 5) is 12.1. The van der Waals surface area contributed by atoms with E-state index in [0.717, 1.165) is 35.9 Å². The number of aromatic nitrogens is 4. The first-order valence-corrected chi connectivity index (χ1v) is 9.17. The fourth-order valence-electron chi connectivity index (χ4n) is 3.59. The molecule has 1 aliphatic rings. The molecule has 3 heterocycles. The Balaban J connectivity index is 1.73. The molecule has 3 rings (SSSR count). The molecule has 130 valence electrons. The molecule has 0 aromatic carbocycles. The number of aryl methyl sites for hydroxylation is 2. The van der Waals surface area contributed by atoms with Crippen LogP contribution in [0.25, 0.3) is 11.4 Å². The van der Waals surface area contributed by atoms with E-state index in [4.69, 9.17) is 9.97 Å². The molecule has 0 N–H and O–H groups in total. The average Bonchev–Trinajstić information content (AvgIpc) is 3.03. The fraction of sp³-hybridized carbons (Fsp3) is 0.632. The molecule has 5 heteroatoms. The second-order valence-electron chi connectivity index (χ2n) is 7.12. The Bertz CT molecular complexity index is 668. The molecular weight excluding hydrogens is 298 g/mol. The van der Waals surface area contributed by atoms with Crippen LogP contribution in [0, 0.1) is 12.8 Å². The van der Waals surface area contributed by atoms with Crippen molar-refractivity contribution in [3.05, 3.63) is 29.8 Å². The Kier molecular flexibility index (Phi) is 5.29. The van der Waals surface area contributed by atoms with E-state index < -0.39 is 0 Å². The normalized spacial score (nSPS) is 16.9. The Morgan fingerprint density at radius 1 is 1.21 bits per heavy atom. The summed E-state index contributed by atoms with van der Waals surface area (Å²) in [6.45, 7) is 12.0. The monoisotopic (exact) mass is 327 g/mol. The van der Waals surface area contributed by atoms with E-state index in [1.165, 1.54) is 25.9 Å². The van der Waals surface area contributed by atoms with Crippen molar-refractivity contribution in [3.63, 3.8) is 0 Å². The maximum Gasteiger partial charge on any atom is 0.129 e. The summed E-state index contributed by atoms with van der Waals surface area (Å²) in [6, 6.07) is 4.76. The van der Waals surface area contributed by atoms with E-state index in [9.17, 15) is 0 Å².